The summed E-state index contributed by atoms with van der Waals surface area (Å²) in [5.74, 6) is -0.236. The van der Waals surface area contributed by atoms with Crippen LogP contribution in [0.25, 0.3) is 0 Å². The molecule has 0 spiro atoms. The van der Waals surface area contributed by atoms with Crippen LogP contribution in [-0.4, -0.2) is 57.2 Å². The molecule has 0 unspecified atom stereocenters. The van der Waals surface area contributed by atoms with Crippen molar-refractivity contribution in [2.45, 2.75) is 25.9 Å². The quantitative estimate of drug-likeness (QED) is 0.784. The first kappa shape index (κ1) is 17.5. The summed E-state index contributed by atoms with van der Waals surface area (Å²) in [6.45, 7) is 2.71. The highest BCUT2D eigenvalue weighted by Gasteiger charge is 2.31. The van der Waals surface area contributed by atoms with E-state index in [1.807, 2.05) is 10.7 Å². The molecule has 9 nitrogen and oxygen atoms in total. The number of carbonyl (C=O) groups is 1. The molecule has 134 valence electrons. The molecule has 0 saturated carbocycles. The molecule has 0 bridgehead atoms. The van der Waals surface area contributed by atoms with E-state index < -0.39 is 10.0 Å². The maximum absolute atomic E-state index is 12.2. The van der Waals surface area contributed by atoms with Crippen LogP contribution in [-0.2, 0) is 16.6 Å². The summed E-state index contributed by atoms with van der Waals surface area (Å²) < 4.78 is 27.7. The molecule has 1 atom stereocenters. The molecule has 0 aliphatic carbocycles. The Morgan fingerprint density at radius 1 is 1.36 bits per heavy atom. The first-order valence-corrected chi connectivity index (χ1v) is 9.66. The lowest BCUT2D eigenvalue weighted by molar-refractivity contribution is 0.0944. The highest BCUT2D eigenvalue weighted by Crippen LogP contribution is 2.24. The molecule has 0 saturated heterocycles. The molecule has 1 amide bonds. The van der Waals surface area contributed by atoms with E-state index in [2.05, 4.69) is 20.4 Å². The van der Waals surface area contributed by atoms with Gasteiger partial charge in [0, 0.05) is 31.7 Å². The SMILES string of the molecule is CCS(=O)(=O)N1Cc2ccnn2[C@@H](CCNC(=O)c2cnccn2)C1. The topological polar surface area (TPSA) is 110 Å². The Labute approximate surface area is 146 Å². The van der Waals surface area contributed by atoms with Crippen molar-refractivity contribution >= 4 is 15.9 Å². The molecule has 1 aliphatic heterocycles. The fourth-order valence-corrected chi connectivity index (χ4v) is 3.91. The van der Waals surface area contributed by atoms with Gasteiger partial charge in [-0.2, -0.15) is 9.40 Å². The predicted molar refractivity (Wildman–Crippen MR) is 90.1 cm³/mol. The highest BCUT2D eigenvalue weighted by atomic mass is 32.2. The van der Waals surface area contributed by atoms with E-state index in [4.69, 9.17) is 0 Å². The van der Waals surface area contributed by atoms with Gasteiger partial charge in [-0.15, -0.1) is 0 Å². The normalized spacial score (nSPS) is 17.9. The number of carbonyl (C=O) groups excluding carboxylic acids is 1. The van der Waals surface area contributed by atoms with Gasteiger partial charge < -0.3 is 5.32 Å². The van der Waals surface area contributed by atoms with Gasteiger partial charge >= 0.3 is 0 Å². The minimum Gasteiger partial charge on any atom is -0.351 e. The Morgan fingerprint density at radius 2 is 2.20 bits per heavy atom. The van der Waals surface area contributed by atoms with E-state index in [1.54, 1.807) is 13.1 Å². The summed E-state index contributed by atoms with van der Waals surface area (Å²) in [7, 11) is -3.27. The molecule has 2 aromatic rings. The first-order valence-electron chi connectivity index (χ1n) is 8.05. The van der Waals surface area contributed by atoms with Crippen molar-refractivity contribution < 1.29 is 13.2 Å². The minimum atomic E-state index is -3.27. The van der Waals surface area contributed by atoms with E-state index in [0.717, 1.165) is 5.69 Å². The number of sulfonamides is 1. The Bertz CT molecular complexity index is 836. The van der Waals surface area contributed by atoms with Gasteiger partial charge in [0.25, 0.3) is 5.91 Å². The number of nitrogens with one attached hydrogen (secondary N) is 1. The molecule has 3 heterocycles. The Hall–Kier alpha value is -2.33. The van der Waals surface area contributed by atoms with Crippen molar-refractivity contribution in [1.82, 2.24) is 29.4 Å². The summed E-state index contributed by atoms with van der Waals surface area (Å²) in [5.41, 5.74) is 1.11. The van der Waals surface area contributed by atoms with Gasteiger partial charge in [-0.25, -0.2) is 13.4 Å². The lowest BCUT2D eigenvalue weighted by Crippen LogP contribution is -2.42. The van der Waals surface area contributed by atoms with Crippen LogP contribution >= 0.6 is 0 Å². The van der Waals surface area contributed by atoms with Gasteiger partial charge in [0.15, 0.2) is 0 Å². The van der Waals surface area contributed by atoms with Crippen LogP contribution in [0.1, 0.15) is 35.6 Å². The Kier molecular flexibility index (Phi) is 5.09. The molecule has 0 fully saturated rings. The lowest BCUT2D eigenvalue weighted by Gasteiger charge is -2.33. The zero-order chi connectivity index (χ0) is 17.9. The number of rotatable bonds is 6. The van der Waals surface area contributed by atoms with Crippen LogP contribution in [0.5, 0.6) is 0 Å². The van der Waals surface area contributed by atoms with Gasteiger partial charge in [0.05, 0.1) is 30.2 Å². The van der Waals surface area contributed by atoms with E-state index in [1.165, 1.54) is 22.9 Å². The monoisotopic (exact) mass is 364 g/mol. The number of hydrogen-bond donors (Lipinski definition) is 1. The van der Waals surface area contributed by atoms with E-state index in [-0.39, 0.29) is 23.4 Å². The second kappa shape index (κ2) is 7.28. The molecule has 1 N–H and O–H groups in total. The number of fused-ring (bicyclic) bond motifs is 1. The van der Waals surface area contributed by atoms with Crippen LogP contribution < -0.4 is 5.32 Å². The van der Waals surface area contributed by atoms with Crippen molar-refractivity contribution in [1.29, 1.82) is 0 Å². The molecule has 0 aromatic carbocycles. The highest BCUT2D eigenvalue weighted by molar-refractivity contribution is 7.89. The van der Waals surface area contributed by atoms with E-state index >= 15 is 0 Å². The third kappa shape index (κ3) is 3.85. The molecular formula is C15H20N6O3S. The zero-order valence-corrected chi connectivity index (χ0v) is 14.7. The largest absolute Gasteiger partial charge is 0.351 e. The fraction of sp³-hybridized carbons (Fsp3) is 0.467. The van der Waals surface area contributed by atoms with Gasteiger partial charge in [0.2, 0.25) is 10.0 Å². The predicted octanol–water partition coefficient (Wildman–Crippen LogP) is 0.200. The van der Waals surface area contributed by atoms with Gasteiger partial charge in [0.1, 0.15) is 5.69 Å². The van der Waals surface area contributed by atoms with Crippen molar-refractivity contribution in [2.75, 3.05) is 18.8 Å². The summed E-state index contributed by atoms with van der Waals surface area (Å²) in [5, 5.41) is 7.08. The average molecular weight is 364 g/mol. The van der Waals surface area contributed by atoms with Crippen molar-refractivity contribution in [3.8, 4) is 0 Å². The molecule has 10 heteroatoms. The van der Waals surface area contributed by atoms with Crippen LogP contribution in [0, 0.1) is 0 Å². The lowest BCUT2D eigenvalue weighted by atomic mass is 10.1. The fourth-order valence-electron chi connectivity index (χ4n) is 2.82. The van der Waals surface area contributed by atoms with E-state index in [9.17, 15) is 13.2 Å². The number of aromatic nitrogens is 4. The van der Waals surface area contributed by atoms with Gasteiger partial charge in [-0.05, 0) is 19.4 Å². The summed E-state index contributed by atoms with van der Waals surface area (Å²) in [6, 6.07) is 1.70. The van der Waals surface area contributed by atoms with Crippen molar-refractivity contribution in [2.24, 2.45) is 0 Å². The maximum Gasteiger partial charge on any atom is 0.271 e. The third-order valence-corrected chi connectivity index (χ3v) is 5.96. The third-order valence-electron chi connectivity index (χ3n) is 4.17. The molecule has 0 radical (unpaired) electrons. The Morgan fingerprint density at radius 3 is 2.92 bits per heavy atom. The zero-order valence-electron chi connectivity index (χ0n) is 13.9. The first-order chi connectivity index (χ1) is 12.0. The Balaban J connectivity index is 1.64. The van der Waals surface area contributed by atoms with Crippen LogP contribution in [0.2, 0.25) is 0 Å². The minimum absolute atomic E-state index is 0.0667. The maximum atomic E-state index is 12.2. The number of amides is 1. The summed E-state index contributed by atoms with van der Waals surface area (Å²) >= 11 is 0. The smallest absolute Gasteiger partial charge is 0.271 e. The molecule has 2 aromatic heterocycles. The number of hydrogen-bond acceptors (Lipinski definition) is 6. The molecule has 25 heavy (non-hydrogen) atoms. The molecule has 1 aliphatic rings. The number of nitrogens with zero attached hydrogens (tertiary/aromatic N) is 5. The van der Waals surface area contributed by atoms with Gasteiger partial charge in [-0.1, -0.05) is 0 Å². The van der Waals surface area contributed by atoms with Crippen molar-refractivity contribution in [3.63, 3.8) is 0 Å². The standard InChI is InChI=1S/C15H20N6O3S/c1-2-25(23,24)20-10-12(21-13(11-20)4-6-19-21)3-5-18-15(22)14-9-16-7-8-17-14/h4,6-9,12H,2-3,5,10-11H2,1H3,(H,18,22)/t12-/m0/s1. The molecular weight excluding hydrogens is 344 g/mol. The van der Waals surface area contributed by atoms with Crippen LogP contribution in [0.15, 0.2) is 30.9 Å². The van der Waals surface area contributed by atoms with Gasteiger partial charge in [-0.3, -0.25) is 14.5 Å². The second-order valence-electron chi connectivity index (χ2n) is 5.75. The summed E-state index contributed by atoms with van der Waals surface area (Å²) in [6.07, 6.45) is 6.59. The molecule has 3 rings (SSSR count). The van der Waals surface area contributed by atoms with Crippen molar-refractivity contribution in [3.05, 3.63) is 42.2 Å². The van der Waals surface area contributed by atoms with Crippen LogP contribution in [0.4, 0.5) is 0 Å². The second-order valence-corrected chi connectivity index (χ2v) is 8.01. The average Bonchev–Trinajstić information content (AvgIpc) is 3.11. The van der Waals surface area contributed by atoms with E-state index in [0.29, 0.717) is 26.1 Å². The van der Waals surface area contributed by atoms with Crippen LogP contribution in [0.3, 0.4) is 0 Å². The summed E-state index contributed by atoms with van der Waals surface area (Å²) in [4.78, 5) is 19.8.